The summed E-state index contributed by atoms with van der Waals surface area (Å²) in [6.07, 6.45) is 2.85. The zero-order chi connectivity index (χ0) is 16.5. The molecule has 0 saturated heterocycles. The highest BCUT2D eigenvalue weighted by Crippen LogP contribution is 2.25. The molecule has 3 nitrogen and oxygen atoms in total. The maximum Gasteiger partial charge on any atom is 0.254 e. The smallest absolute Gasteiger partial charge is 0.254 e. The number of hydrogen-bond acceptors (Lipinski definition) is 3. The first-order chi connectivity index (χ1) is 11.8. The molecule has 1 aliphatic heterocycles. The summed E-state index contributed by atoms with van der Waals surface area (Å²) in [7, 11) is 0. The van der Waals surface area contributed by atoms with Crippen LogP contribution in [0.5, 0.6) is 0 Å². The second-order valence-electron chi connectivity index (χ2n) is 6.32. The summed E-state index contributed by atoms with van der Waals surface area (Å²) in [4.78, 5) is 19.5. The van der Waals surface area contributed by atoms with Gasteiger partial charge in [0.2, 0.25) is 0 Å². The van der Waals surface area contributed by atoms with Crippen molar-refractivity contribution in [2.24, 2.45) is 0 Å². The van der Waals surface area contributed by atoms with Crippen LogP contribution in [-0.2, 0) is 12.8 Å². The minimum absolute atomic E-state index is 0.143. The Morgan fingerprint density at radius 3 is 2.92 bits per heavy atom. The number of benzene rings is 2. The third kappa shape index (κ3) is 2.71. The van der Waals surface area contributed by atoms with E-state index in [9.17, 15) is 4.79 Å². The molecular formula is C20H20N2OS. The van der Waals surface area contributed by atoms with Crippen LogP contribution in [0, 0.1) is 0 Å². The van der Waals surface area contributed by atoms with E-state index in [0.717, 1.165) is 41.6 Å². The van der Waals surface area contributed by atoms with Crippen molar-refractivity contribution in [2.75, 3.05) is 6.54 Å². The first-order valence-electron chi connectivity index (χ1n) is 8.47. The van der Waals surface area contributed by atoms with Crippen LogP contribution in [0.4, 0.5) is 0 Å². The summed E-state index contributed by atoms with van der Waals surface area (Å²) in [6, 6.07) is 14.7. The first-order valence-corrected chi connectivity index (χ1v) is 9.35. The molecule has 0 N–H and O–H groups in total. The second kappa shape index (κ2) is 6.36. The number of nitrogens with zero attached hydrogens (tertiary/aromatic N) is 2. The van der Waals surface area contributed by atoms with E-state index in [1.54, 1.807) is 11.3 Å². The highest BCUT2D eigenvalue weighted by atomic mass is 32.1. The minimum atomic E-state index is 0.143. The van der Waals surface area contributed by atoms with E-state index < -0.39 is 0 Å². The molecule has 4 heteroatoms. The van der Waals surface area contributed by atoms with Crippen molar-refractivity contribution >= 4 is 27.5 Å². The molecule has 24 heavy (non-hydrogen) atoms. The highest BCUT2D eigenvalue weighted by molar-refractivity contribution is 7.16. The molecule has 0 aliphatic carbocycles. The number of carbonyl (C=O) groups is 1. The van der Waals surface area contributed by atoms with Crippen LogP contribution in [0.15, 0.2) is 48.0 Å². The van der Waals surface area contributed by atoms with Crippen molar-refractivity contribution in [3.63, 3.8) is 0 Å². The number of hydrogen-bond donors (Lipinski definition) is 0. The van der Waals surface area contributed by atoms with E-state index in [4.69, 9.17) is 0 Å². The van der Waals surface area contributed by atoms with Gasteiger partial charge in [-0.3, -0.25) is 4.79 Å². The van der Waals surface area contributed by atoms with Gasteiger partial charge in [-0.1, -0.05) is 31.2 Å². The van der Waals surface area contributed by atoms with Crippen LogP contribution < -0.4 is 0 Å². The highest BCUT2D eigenvalue weighted by Gasteiger charge is 2.27. The zero-order valence-corrected chi connectivity index (χ0v) is 14.6. The topological polar surface area (TPSA) is 33.2 Å². The van der Waals surface area contributed by atoms with Gasteiger partial charge in [-0.25, -0.2) is 4.98 Å². The van der Waals surface area contributed by atoms with Crippen LogP contribution in [-0.4, -0.2) is 28.4 Å². The van der Waals surface area contributed by atoms with Gasteiger partial charge in [-0.2, -0.15) is 0 Å². The van der Waals surface area contributed by atoms with Crippen LogP contribution in [0.3, 0.4) is 0 Å². The van der Waals surface area contributed by atoms with E-state index in [-0.39, 0.29) is 11.9 Å². The molecule has 0 saturated carbocycles. The van der Waals surface area contributed by atoms with E-state index in [1.165, 1.54) is 11.1 Å². The Morgan fingerprint density at radius 1 is 1.25 bits per heavy atom. The van der Waals surface area contributed by atoms with Crippen LogP contribution >= 0.6 is 11.3 Å². The maximum absolute atomic E-state index is 13.1. The largest absolute Gasteiger partial charge is 0.335 e. The predicted octanol–water partition coefficient (Wildman–Crippen LogP) is 4.32. The van der Waals surface area contributed by atoms with Crippen molar-refractivity contribution in [1.82, 2.24) is 9.88 Å². The standard InChI is InChI=1S/C20H20N2OS/c1-2-17-11-15-6-4-3-5-14(15)9-10-22(17)20(23)16-7-8-18-19(12-16)24-13-21-18/h3-8,12-13,17H,2,9-11H2,1H3. The van der Waals surface area contributed by atoms with Gasteiger partial charge >= 0.3 is 0 Å². The average molecular weight is 336 g/mol. The predicted molar refractivity (Wildman–Crippen MR) is 98.6 cm³/mol. The van der Waals surface area contributed by atoms with Gasteiger partial charge in [-0.15, -0.1) is 11.3 Å². The lowest BCUT2D eigenvalue weighted by Crippen LogP contribution is -2.41. The molecule has 0 spiro atoms. The second-order valence-corrected chi connectivity index (χ2v) is 7.20. The monoisotopic (exact) mass is 336 g/mol. The summed E-state index contributed by atoms with van der Waals surface area (Å²) in [6.45, 7) is 2.96. The zero-order valence-electron chi connectivity index (χ0n) is 13.7. The molecule has 1 aromatic heterocycles. The molecule has 0 radical (unpaired) electrons. The number of aromatic nitrogens is 1. The van der Waals surface area contributed by atoms with Crippen molar-refractivity contribution in [2.45, 2.75) is 32.2 Å². The Hall–Kier alpha value is -2.20. The van der Waals surface area contributed by atoms with Gasteiger partial charge < -0.3 is 4.90 Å². The molecule has 4 rings (SSSR count). The van der Waals surface area contributed by atoms with Gasteiger partial charge in [0, 0.05) is 18.2 Å². The number of carbonyl (C=O) groups excluding carboxylic acids is 1. The molecule has 1 atom stereocenters. The third-order valence-corrected chi connectivity index (χ3v) is 5.74. The normalized spacial score (nSPS) is 17.5. The molecule has 1 unspecified atom stereocenters. The Labute approximate surface area is 146 Å². The van der Waals surface area contributed by atoms with Crippen LogP contribution in [0.2, 0.25) is 0 Å². The van der Waals surface area contributed by atoms with Crippen molar-refractivity contribution in [1.29, 1.82) is 0 Å². The first kappa shape index (κ1) is 15.3. The molecule has 122 valence electrons. The van der Waals surface area contributed by atoms with Gasteiger partial charge in [0.1, 0.15) is 0 Å². The fourth-order valence-electron chi connectivity index (χ4n) is 3.57. The Balaban J connectivity index is 1.65. The average Bonchev–Trinajstić information content (AvgIpc) is 3.00. The Kier molecular flexibility index (Phi) is 4.07. The van der Waals surface area contributed by atoms with Gasteiger partial charge in [0.25, 0.3) is 5.91 Å². The van der Waals surface area contributed by atoms with Crippen LogP contribution in [0.25, 0.3) is 10.2 Å². The maximum atomic E-state index is 13.1. The molecule has 0 fully saturated rings. The fraction of sp³-hybridized carbons (Fsp3) is 0.300. The van der Waals surface area contributed by atoms with Crippen molar-refractivity contribution in [3.8, 4) is 0 Å². The van der Waals surface area contributed by atoms with Gasteiger partial charge in [-0.05, 0) is 48.6 Å². The quantitative estimate of drug-likeness (QED) is 0.698. The Morgan fingerprint density at radius 2 is 2.08 bits per heavy atom. The molecular weight excluding hydrogens is 316 g/mol. The van der Waals surface area contributed by atoms with Crippen molar-refractivity contribution in [3.05, 3.63) is 64.7 Å². The SMILES string of the molecule is CCC1Cc2ccccc2CCN1C(=O)c1ccc2ncsc2c1. The lowest BCUT2D eigenvalue weighted by atomic mass is 9.99. The third-order valence-electron chi connectivity index (χ3n) is 4.95. The summed E-state index contributed by atoms with van der Waals surface area (Å²) < 4.78 is 1.08. The number of rotatable bonds is 2. The summed E-state index contributed by atoms with van der Waals surface area (Å²) in [5.74, 6) is 0.143. The van der Waals surface area contributed by atoms with Crippen LogP contribution in [0.1, 0.15) is 34.8 Å². The number of thiazole rings is 1. The number of fused-ring (bicyclic) bond motifs is 2. The van der Waals surface area contributed by atoms with Gasteiger partial charge in [0.05, 0.1) is 15.7 Å². The van der Waals surface area contributed by atoms with E-state index in [2.05, 4.69) is 41.1 Å². The number of amides is 1. The summed E-state index contributed by atoms with van der Waals surface area (Å²) in [5, 5.41) is 0. The molecule has 2 heterocycles. The van der Waals surface area contributed by atoms with E-state index in [0.29, 0.717) is 0 Å². The van der Waals surface area contributed by atoms with Gasteiger partial charge in [0.15, 0.2) is 0 Å². The Bertz CT molecular complexity index is 886. The molecule has 1 aliphatic rings. The summed E-state index contributed by atoms with van der Waals surface area (Å²) in [5.41, 5.74) is 6.33. The fourth-order valence-corrected chi connectivity index (χ4v) is 4.29. The van der Waals surface area contributed by atoms with Crippen molar-refractivity contribution < 1.29 is 4.79 Å². The molecule has 1 amide bonds. The molecule has 0 bridgehead atoms. The summed E-state index contributed by atoms with van der Waals surface area (Å²) >= 11 is 1.58. The lowest BCUT2D eigenvalue weighted by molar-refractivity contribution is 0.0681. The van der Waals surface area contributed by atoms with E-state index in [1.807, 2.05) is 23.7 Å². The molecule has 3 aromatic rings. The van der Waals surface area contributed by atoms with E-state index >= 15 is 0 Å². The lowest BCUT2D eigenvalue weighted by Gasteiger charge is -2.29. The minimum Gasteiger partial charge on any atom is -0.335 e. The molecule has 2 aromatic carbocycles.